The summed E-state index contributed by atoms with van der Waals surface area (Å²) in [7, 11) is 0. The maximum absolute atomic E-state index is 12.6. The van der Waals surface area contributed by atoms with Crippen LogP contribution in [0.25, 0.3) is 0 Å². The molecule has 0 aliphatic carbocycles. The fourth-order valence-corrected chi connectivity index (χ4v) is 2.89. The number of hydrogen-bond acceptors (Lipinski definition) is 3. The van der Waals surface area contributed by atoms with E-state index in [2.05, 4.69) is 10.6 Å². The minimum absolute atomic E-state index is 0.0380. The van der Waals surface area contributed by atoms with Crippen molar-refractivity contribution < 1.29 is 9.59 Å². The summed E-state index contributed by atoms with van der Waals surface area (Å²) >= 11 is 0. The zero-order chi connectivity index (χ0) is 16.1. The van der Waals surface area contributed by atoms with E-state index in [-0.39, 0.29) is 18.4 Å². The molecular weight excluding hydrogens is 280 g/mol. The molecule has 1 heterocycles. The van der Waals surface area contributed by atoms with Crippen molar-refractivity contribution in [3.63, 3.8) is 0 Å². The van der Waals surface area contributed by atoms with Gasteiger partial charge < -0.3 is 21.3 Å². The van der Waals surface area contributed by atoms with Gasteiger partial charge in [0, 0.05) is 25.7 Å². The number of carbonyl (C=O) groups excluding carboxylic acids is 2. The Labute approximate surface area is 131 Å². The third-order valence-electron chi connectivity index (χ3n) is 4.08. The minimum Gasteiger partial charge on any atom is -0.352 e. The molecule has 0 saturated carbocycles. The lowest BCUT2D eigenvalue weighted by Crippen LogP contribution is -2.53. The predicted octanol–water partition coefficient (Wildman–Crippen LogP) is 0.915. The number of aryl methyl sites for hydroxylation is 1. The van der Waals surface area contributed by atoms with E-state index >= 15 is 0 Å². The predicted molar refractivity (Wildman–Crippen MR) is 85.3 cm³/mol. The smallest absolute Gasteiger partial charge is 0.312 e. The molecule has 1 aromatic rings. The summed E-state index contributed by atoms with van der Waals surface area (Å²) in [6.07, 6.45) is 0.220. The number of primary amides is 1. The number of hydrogen-bond donors (Lipinski definition) is 3. The highest BCUT2D eigenvalue weighted by Crippen LogP contribution is 2.22. The lowest BCUT2D eigenvalue weighted by atomic mass is 9.98. The number of carbonyl (C=O) groups is 2. The van der Waals surface area contributed by atoms with Crippen LogP contribution in [0.4, 0.5) is 4.79 Å². The molecule has 1 aliphatic heterocycles. The number of piperazine rings is 1. The van der Waals surface area contributed by atoms with Gasteiger partial charge in [-0.25, -0.2) is 4.79 Å². The van der Waals surface area contributed by atoms with Gasteiger partial charge in [0.1, 0.15) is 0 Å². The van der Waals surface area contributed by atoms with Gasteiger partial charge in [-0.3, -0.25) is 4.79 Å². The SMILES string of the molecule is Cc1ccccc1C(CC(=O)N1CCNC[C@H]1C)NC(N)=O. The summed E-state index contributed by atoms with van der Waals surface area (Å²) in [5.41, 5.74) is 7.24. The normalized spacial score (nSPS) is 19.5. The first kappa shape index (κ1) is 16.3. The van der Waals surface area contributed by atoms with E-state index in [9.17, 15) is 9.59 Å². The van der Waals surface area contributed by atoms with Crippen molar-refractivity contribution in [3.05, 3.63) is 35.4 Å². The Morgan fingerprint density at radius 3 is 2.82 bits per heavy atom. The van der Waals surface area contributed by atoms with Gasteiger partial charge >= 0.3 is 6.03 Å². The van der Waals surface area contributed by atoms with E-state index < -0.39 is 12.1 Å². The van der Waals surface area contributed by atoms with Gasteiger partial charge in [-0.05, 0) is 25.0 Å². The quantitative estimate of drug-likeness (QED) is 0.773. The first-order valence-corrected chi connectivity index (χ1v) is 7.60. The average Bonchev–Trinajstić information content (AvgIpc) is 2.47. The maximum Gasteiger partial charge on any atom is 0.312 e. The summed E-state index contributed by atoms with van der Waals surface area (Å²) in [6, 6.07) is 6.86. The molecule has 3 amide bonds. The van der Waals surface area contributed by atoms with Crippen LogP contribution in [0.1, 0.15) is 30.5 Å². The molecule has 6 nitrogen and oxygen atoms in total. The summed E-state index contributed by atoms with van der Waals surface area (Å²) in [5, 5.41) is 5.96. The monoisotopic (exact) mass is 304 g/mol. The number of amides is 3. The van der Waals surface area contributed by atoms with E-state index in [4.69, 9.17) is 5.73 Å². The fourth-order valence-electron chi connectivity index (χ4n) is 2.89. The molecule has 1 saturated heterocycles. The van der Waals surface area contributed by atoms with Crippen molar-refractivity contribution in [3.8, 4) is 0 Å². The van der Waals surface area contributed by atoms with Gasteiger partial charge in [0.15, 0.2) is 0 Å². The summed E-state index contributed by atoms with van der Waals surface area (Å²) in [6.45, 7) is 6.27. The number of nitrogens with two attached hydrogens (primary N) is 1. The van der Waals surface area contributed by atoms with Crippen LogP contribution >= 0.6 is 0 Å². The van der Waals surface area contributed by atoms with E-state index in [0.717, 1.165) is 24.2 Å². The molecule has 120 valence electrons. The van der Waals surface area contributed by atoms with Crippen molar-refractivity contribution in [2.45, 2.75) is 32.4 Å². The lowest BCUT2D eigenvalue weighted by Gasteiger charge is -2.35. The van der Waals surface area contributed by atoms with Gasteiger partial charge in [0.2, 0.25) is 5.91 Å². The maximum atomic E-state index is 12.6. The molecule has 0 radical (unpaired) electrons. The van der Waals surface area contributed by atoms with Crippen LogP contribution in [0.5, 0.6) is 0 Å². The molecule has 0 spiro atoms. The standard InChI is InChI=1S/C16H24N4O2/c1-11-5-3-4-6-13(11)14(19-16(17)22)9-15(21)20-8-7-18-10-12(20)2/h3-6,12,14,18H,7-10H2,1-2H3,(H3,17,19,22)/t12-,14?/m1/s1. The molecule has 6 heteroatoms. The summed E-state index contributed by atoms with van der Waals surface area (Å²) in [5.74, 6) is 0.0380. The average molecular weight is 304 g/mol. The van der Waals surface area contributed by atoms with Crippen LogP contribution in [0.2, 0.25) is 0 Å². The molecule has 1 aliphatic rings. The second-order valence-corrected chi connectivity index (χ2v) is 5.76. The Hall–Kier alpha value is -2.08. The second kappa shape index (κ2) is 7.26. The Bertz CT molecular complexity index is 547. The van der Waals surface area contributed by atoms with Crippen molar-refractivity contribution >= 4 is 11.9 Å². The fraction of sp³-hybridized carbons (Fsp3) is 0.500. The highest BCUT2D eigenvalue weighted by atomic mass is 16.2. The van der Waals surface area contributed by atoms with Crippen LogP contribution in [-0.4, -0.2) is 42.5 Å². The second-order valence-electron chi connectivity index (χ2n) is 5.76. The number of rotatable bonds is 4. The van der Waals surface area contributed by atoms with Gasteiger partial charge in [0.05, 0.1) is 12.5 Å². The van der Waals surface area contributed by atoms with Crippen molar-refractivity contribution in [1.82, 2.24) is 15.5 Å². The largest absolute Gasteiger partial charge is 0.352 e. The minimum atomic E-state index is -0.616. The molecule has 22 heavy (non-hydrogen) atoms. The first-order valence-electron chi connectivity index (χ1n) is 7.60. The van der Waals surface area contributed by atoms with Crippen molar-refractivity contribution in [2.75, 3.05) is 19.6 Å². The zero-order valence-corrected chi connectivity index (χ0v) is 13.1. The molecular formula is C16H24N4O2. The van der Waals surface area contributed by atoms with E-state index in [0.29, 0.717) is 6.54 Å². The highest BCUT2D eigenvalue weighted by molar-refractivity contribution is 5.79. The lowest BCUT2D eigenvalue weighted by molar-refractivity contribution is -0.134. The van der Waals surface area contributed by atoms with E-state index in [1.165, 1.54) is 0 Å². The Balaban J connectivity index is 2.14. The molecule has 2 atom stereocenters. The zero-order valence-electron chi connectivity index (χ0n) is 13.1. The van der Waals surface area contributed by atoms with Crippen LogP contribution < -0.4 is 16.4 Å². The third-order valence-corrected chi connectivity index (χ3v) is 4.08. The van der Waals surface area contributed by atoms with Crippen LogP contribution in [0.15, 0.2) is 24.3 Å². The Morgan fingerprint density at radius 2 is 2.18 bits per heavy atom. The van der Waals surface area contributed by atoms with Crippen LogP contribution in [0, 0.1) is 6.92 Å². The molecule has 2 rings (SSSR count). The molecule has 1 aromatic carbocycles. The molecule has 1 unspecified atom stereocenters. The van der Waals surface area contributed by atoms with E-state index in [1.807, 2.05) is 43.0 Å². The van der Waals surface area contributed by atoms with Crippen LogP contribution in [-0.2, 0) is 4.79 Å². The molecule has 0 bridgehead atoms. The van der Waals surface area contributed by atoms with E-state index in [1.54, 1.807) is 0 Å². The first-order chi connectivity index (χ1) is 10.5. The van der Waals surface area contributed by atoms with Gasteiger partial charge in [-0.1, -0.05) is 24.3 Å². The Kier molecular flexibility index (Phi) is 5.38. The highest BCUT2D eigenvalue weighted by Gasteiger charge is 2.26. The summed E-state index contributed by atoms with van der Waals surface area (Å²) in [4.78, 5) is 25.7. The molecule has 1 fully saturated rings. The number of nitrogens with one attached hydrogen (secondary N) is 2. The number of nitrogens with zero attached hydrogens (tertiary/aromatic N) is 1. The Morgan fingerprint density at radius 1 is 1.45 bits per heavy atom. The molecule has 0 aromatic heterocycles. The van der Waals surface area contributed by atoms with Gasteiger partial charge in [-0.15, -0.1) is 0 Å². The summed E-state index contributed by atoms with van der Waals surface area (Å²) < 4.78 is 0. The van der Waals surface area contributed by atoms with Crippen molar-refractivity contribution in [1.29, 1.82) is 0 Å². The molecule has 4 N–H and O–H groups in total. The number of urea groups is 1. The van der Waals surface area contributed by atoms with Gasteiger partial charge in [0.25, 0.3) is 0 Å². The topological polar surface area (TPSA) is 87.5 Å². The van der Waals surface area contributed by atoms with Gasteiger partial charge in [-0.2, -0.15) is 0 Å². The van der Waals surface area contributed by atoms with Crippen molar-refractivity contribution in [2.24, 2.45) is 5.73 Å². The third kappa shape index (κ3) is 3.98. The number of benzene rings is 1. The van der Waals surface area contributed by atoms with Crippen LogP contribution in [0.3, 0.4) is 0 Å².